The van der Waals surface area contributed by atoms with Gasteiger partial charge in [0.1, 0.15) is 0 Å². The molecule has 126 valence electrons. The molecular formula is C17H24ClN3O2. The molecule has 3 rings (SSSR count). The van der Waals surface area contributed by atoms with Gasteiger partial charge in [-0.2, -0.15) is 0 Å². The molecule has 2 heterocycles. The molecule has 2 aliphatic heterocycles. The number of carbonyl (C=O) groups is 1. The standard InChI is InChI=1S/C17H24ClN3O2/c1-17(23)9-12-5-6-13(10-17)21(12)16(22)19-14-8-11(18)4-7-15(14)20(2)3/h4,7-8,12-13,23H,5-6,9-10H2,1-3H3,(H,19,22)/t12-,13-/m0/s1. The second kappa shape index (κ2) is 5.87. The molecule has 0 radical (unpaired) electrons. The molecule has 2 saturated heterocycles. The summed E-state index contributed by atoms with van der Waals surface area (Å²) in [7, 11) is 3.86. The van der Waals surface area contributed by atoms with Crippen LogP contribution in [0.4, 0.5) is 16.2 Å². The van der Waals surface area contributed by atoms with Crippen LogP contribution in [0.2, 0.25) is 5.02 Å². The summed E-state index contributed by atoms with van der Waals surface area (Å²) < 4.78 is 0. The lowest BCUT2D eigenvalue weighted by molar-refractivity contribution is -0.0224. The molecule has 0 saturated carbocycles. The van der Waals surface area contributed by atoms with Crippen molar-refractivity contribution in [2.45, 2.75) is 50.3 Å². The largest absolute Gasteiger partial charge is 0.390 e. The first kappa shape index (κ1) is 16.4. The fourth-order valence-electron chi connectivity index (χ4n) is 3.97. The van der Waals surface area contributed by atoms with Gasteiger partial charge in [0.2, 0.25) is 0 Å². The molecule has 0 aliphatic carbocycles. The maximum Gasteiger partial charge on any atom is 0.322 e. The molecule has 1 aromatic rings. The number of fused-ring (bicyclic) bond motifs is 2. The molecule has 2 aliphatic rings. The molecule has 5 nitrogen and oxygen atoms in total. The Morgan fingerprint density at radius 1 is 1.35 bits per heavy atom. The number of hydrogen-bond donors (Lipinski definition) is 2. The molecule has 2 fully saturated rings. The molecule has 23 heavy (non-hydrogen) atoms. The van der Waals surface area contributed by atoms with Gasteiger partial charge in [0.05, 0.1) is 17.0 Å². The summed E-state index contributed by atoms with van der Waals surface area (Å²) in [5.41, 5.74) is 0.969. The second-order valence-corrected chi connectivity index (χ2v) is 7.62. The summed E-state index contributed by atoms with van der Waals surface area (Å²) in [6.07, 6.45) is 3.22. The topological polar surface area (TPSA) is 55.8 Å². The maximum atomic E-state index is 12.8. The van der Waals surface area contributed by atoms with Crippen molar-refractivity contribution < 1.29 is 9.90 Å². The summed E-state index contributed by atoms with van der Waals surface area (Å²) in [5, 5.41) is 13.9. The van der Waals surface area contributed by atoms with Crippen LogP contribution in [0.5, 0.6) is 0 Å². The van der Waals surface area contributed by atoms with Crippen molar-refractivity contribution in [2.75, 3.05) is 24.3 Å². The van der Waals surface area contributed by atoms with E-state index in [4.69, 9.17) is 11.6 Å². The van der Waals surface area contributed by atoms with Crippen LogP contribution in [-0.2, 0) is 0 Å². The Morgan fingerprint density at radius 3 is 2.52 bits per heavy atom. The normalized spacial score (nSPS) is 29.5. The molecule has 6 heteroatoms. The van der Waals surface area contributed by atoms with Crippen LogP contribution in [0.25, 0.3) is 0 Å². The average molecular weight is 338 g/mol. The van der Waals surface area contributed by atoms with Crippen LogP contribution < -0.4 is 10.2 Å². The van der Waals surface area contributed by atoms with Crippen molar-refractivity contribution in [1.29, 1.82) is 0 Å². The van der Waals surface area contributed by atoms with Gasteiger partial charge in [-0.25, -0.2) is 4.79 Å². The Kier molecular flexibility index (Phi) is 4.19. The molecule has 2 atom stereocenters. The van der Waals surface area contributed by atoms with Crippen LogP contribution >= 0.6 is 11.6 Å². The van der Waals surface area contributed by atoms with Crippen molar-refractivity contribution in [3.63, 3.8) is 0 Å². The van der Waals surface area contributed by atoms with Crippen molar-refractivity contribution in [3.8, 4) is 0 Å². The highest BCUT2D eigenvalue weighted by Gasteiger charge is 2.47. The van der Waals surface area contributed by atoms with Gasteiger partial charge in [-0.05, 0) is 50.8 Å². The van der Waals surface area contributed by atoms with E-state index in [-0.39, 0.29) is 18.1 Å². The van der Waals surface area contributed by atoms with Gasteiger partial charge >= 0.3 is 6.03 Å². The van der Waals surface area contributed by atoms with E-state index in [1.54, 1.807) is 6.07 Å². The zero-order valence-electron chi connectivity index (χ0n) is 13.8. The van der Waals surface area contributed by atoms with Gasteiger partial charge in [-0.1, -0.05) is 11.6 Å². The van der Waals surface area contributed by atoms with Gasteiger partial charge in [0.25, 0.3) is 0 Å². The highest BCUT2D eigenvalue weighted by Crippen LogP contribution is 2.41. The SMILES string of the molecule is CN(C)c1ccc(Cl)cc1NC(=O)N1[C@H]2CC[C@H]1CC(C)(O)C2. The number of nitrogens with zero attached hydrogens (tertiary/aromatic N) is 2. The van der Waals surface area contributed by atoms with E-state index in [2.05, 4.69) is 5.32 Å². The van der Waals surface area contributed by atoms with E-state index in [1.807, 2.05) is 43.0 Å². The minimum Gasteiger partial charge on any atom is -0.390 e. The third-order valence-corrected chi connectivity index (χ3v) is 5.12. The van der Waals surface area contributed by atoms with Gasteiger partial charge in [-0.15, -0.1) is 0 Å². The number of piperidine rings is 1. The zero-order valence-corrected chi connectivity index (χ0v) is 14.6. The Hall–Kier alpha value is -1.46. The molecule has 1 aromatic carbocycles. The van der Waals surface area contributed by atoms with E-state index >= 15 is 0 Å². The lowest BCUT2D eigenvalue weighted by atomic mass is 9.88. The van der Waals surface area contributed by atoms with Crippen molar-refractivity contribution in [1.82, 2.24) is 4.90 Å². The molecular weight excluding hydrogens is 314 g/mol. The predicted octanol–water partition coefficient (Wildman–Crippen LogP) is 3.32. The van der Waals surface area contributed by atoms with Crippen molar-refractivity contribution in [2.24, 2.45) is 0 Å². The van der Waals surface area contributed by atoms with E-state index in [1.165, 1.54) is 0 Å². The lowest BCUT2D eigenvalue weighted by Crippen LogP contribution is -2.53. The average Bonchev–Trinajstić information content (AvgIpc) is 2.71. The number of nitrogens with one attached hydrogen (secondary N) is 1. The van der Waals surface area contributed by atoms with E-state index in [0.717, 1.165) is 18.5 Å². The van der Waals surface area contributed by atoms with Crippen LogP contribution in [0, 0.1) is 0 Å². The minimum atomic E-state index is -0.659. The van der Waals surface area contributed by atoms with Crippen LogP contribution in [-0.4, -0.2) is 47.8 Å². The summed E-state index contributed by atoms with van der Waals surface area (Å²) in [5.74, 6) is 0. The van der Waals surface area contributed by atoms with Crippen LogP contribution in [0.3, 0.4) is 0 Å². The van der Waals surface area contributed by atoms with Crippen molar-refractivity contribution >= 4 is 29.0 Å². The number of amides is 2. The number of halogens is 1. The van der Waals surface area contributed by atoms with Crippen LogP contribution in [0.15, 0.2) is 18.2 Å². The lowest BCUT2D eigenvalue weighted by Gasteiger charge is -2.42. The molecule has 2 N–H and O–H groups in total. The number of rotatable bonds is 2. The Labute approximate surface area is 142 Å². The number of anilines is 2. The summed E-state index contributed by atoms with van der Waals surface area (Å²) in [6, 6.07) is 5.62. The van der Waals surface area contributed by atoms with Gasteiger partial charge in [0.15, 0.2) is 0 Å². The Morgan fingerprint density at radius 2 is 1.96 bits per heavy atom. The number of benzene rings is 1. The summed E-state index contributed by atoms with van der Waals surface area (Å²) >= 11 is 6.08. The van der Waals surface area contributed by atoms with E-state index in [9.17, 15) is 9.90 Å². The maximum absolute atomic E-state index is 12.8. The Bertz CT molecular complexity index is 602. The highest BCUT2D eigenvalue weighted by atomic mass is 35.5. The van der Waals surface area contributed by atoms with Crippen molar-refractivity contribution in [3.05, 3.63) is 23.2 Å². The number of carbonyl (C=O) groups excluding carboxylic acids is 1. The van der Waals surface area contributed by atoms with Gasteiger partial charge in [-0.3, -0.25) is 0 Å². The predicted molar refractivity (Wildman–Crippen MR) is 93.3 cm³/mol. The van der Waals surface area contributed by atoms with E-state index < -0.39 is 5.60 Å². The number of hydrogen-bond acceptors (Lipinski definition) is 3. The number of aliphatic hydroxyl groups is 1. The molecule has 2 bridgehead atoms. The van der Waals surface area contributed by atoms with Crippen LogP contribution in [0.1, 0.15) is 32.6 Å². The first-order chi connectivity index (χ1) is 10.8. The van der Waals surface area contributed by atoms with E-state index in [0.29, 0.717) is 23.6 Å². The third-order valence-electron chi connectivity index (χ3n) is 4.89. The molecule has 0 aromatic heterocycles. The van der Waals surface area contributed by atoms with Gasteiger partial charge < -0.3 is 20.2 Å². The molecule has 0 spiro atoms. The number of urea groups is 1. The fraction of sp³-hybridized carbons (Fsp3) is 0.588. The highest BCUT2D eigenvalue weighted by molar-refractivity contribution is 6.31. The second-order valence-electron chi connectivity index (χ2n) is 7.18. The first-order valence-corrected chi connectivity index (χ1v) is 8.43. The summed E-state index contributed by atoms with van der Waals surface area (Å²) in [6.45, 7) is 1.87. The third kappa shape index (κ3) is 3.26. The minimum absolute atomic E-state index is 0.0987. The smallest absolute Gasteiger partial charge is 0.322 e. The summed E-state index contributed by atoms with van der Waals surface area (Å²) in [4.78, 5) is 16.7. The monoisotopic (exact) mass is 337 g/mol. The molecule has 0 unspecified atom stereocenters. The zero-order chi connectivity index (χ0) is 16.8. The fourth-order valence-corrected chi connectivity index (χ4v) is 4.14. The van der Waals surface area contributed by atoms with Gasteiger partial charge in [0, 0.05) is 31.2 Å². The first-order valence-electron chi connectivity index (χ1n) is 8.05. The molecule has 2 amide bonds. The quantitative estimate of drug-likeness (QED) is 0.870. The Balaban J connectivity index is 1.80.